The van der Waals surface area contributed by atoms with E-state index in [2.05, 4.69) is 11.8 Å². The van der Waals surface area contributed by atoms with Crippen LogP contribution in [0.1, 0.15) is 24.5 Å². The SMILES string of the molecule is CC(=O)SCCC#Cc1cccc(F)c1C. The van der Waals surface area contributed by atoms with Crippen LogP contribution in [0.5, 0.6) is 0 Å². The van der Waals surface area contributed by atoms with E-state index < -0.39 is 0 Å². The molecule has 0 radical (unpaired) electrons. The zero-order chi connectivity index (χ0) is 12.0. The minimum absolute atomic E-state index is 0.101. The van der Waals surface area contributed by atoms with E-state index in [9.17, 15) is 9.18 Å². The second-order valence-corrected chi connectivity index (χ2v) is 4.58. The van der Waals surface area contributed by atoms with Crippen molar-refractivity contribution in [3.8, 4) is 11.8 Å². The van der Waals surface area contributed by atoms with E-state index >= 15 is 0 Å². The minimum Gasteiger partial charge on any atom is -0.288 e. The van der Waals surface area contributed by atoms with Gasteiger partial charge in [-0.25, -0.2) is 4.39 Å². The monoisotopic (exact) mass is 236 g/mol. The van der Waals surface area contributed by atoms with Gasteiger partial charge < -0.3 is 0 Å². The van der Waals surface area contributed by atoms with Gasteiger partial charge in [0.1, 0.15) is 5.82 Å². The topological polar surface area (TPSA) is 17.1 Å². The largest absolute Gasteiger partial charge is 0.288 e. The zero-order valence-electron chi connectivity index (χ0n) is 9.34. The van der Waals surface area contributed by atoms with Crippen LogP contribution < -0.4 is 0 Å². The van der Waals surface area contributed by atoms with Gasteiger partial charge in [0.25, 0.3) is 0 Å². The van der Waals surface area contributed by atoms with Gasteiger partial charge in [0.15, 0.2) is 5.12 Å². The number of hydrogen-bond donors (Lipinski definition) is 0. The molecule has 3 heteroatoms. The Balaban J connectivity index is 2.56. The number of carbonyl (C=O) groups is 1. The summed E-state index contributed by atoms with van der Waals surface area (Å²) >= 11 is 1.26. The van der Waals surface area contributed by atoms with Gasteiger partial charge in [-0.3, -0.25) is 4.79 Å². The van der Waals surface area contributed by atoms with Gasteiger partial charge in [-0.2, -0.15) is 0 Å². The fraction of sp³-hybridized carbons (Fsp3) is 0.308. The molecule has 0 spiro atoms. The maximum Gasteiger partial charge on any atom is 0.185 e. The Hall–Kier alpha value is -1.27. The average Bonchev–Trinajstić information content (AvgIpc) is 2.23. The zero-order valence-corrected chi connectivity index (χ0v) is 10.2. The van der Waals surface area contributed by atoms with Gasteiger partial charge in [0.2, 0.25) is 0 Å². The maximum atomic E-state index is 13.1. The lowest BCUT2D eigenvalue weighted by molar-refractivity contribution is -0.109. The quantitative estimate of drug-likeness (QED) is 0.579. The highest BCUT2D eigenvalue weighted by Gasteiger charge is 1.99. The summed E-state index contributed by atoms with van der Waals surface area (Å²) < 4.78 is 13.1. The average molecular weight is 236 g/mol. The summed E-state index contributed by atoms with van der Waals surface area (Å²) in [5.74, 6) is 6.31. The molecule has 1 nitrogen and oxygen atoms in total. The third-order valence-corrected chi connectivity index (χ3v) is 2.84. The molecule has 1 rings (SSSR count). The van der Waals surface area contributed by atoms with E-state index in [4.69, 9.17) is 0 Å². The van der Waals surface area contributed by atoms with Crippen LogP contribution >= 0.6 is 11.8 Å². The van der Waals surface area contributed by atoms with Crippen molar-refractivity contribution in [2.75, 3.05) is 5.75 Å². The first kappa shape index (κ1) is 12.8. The Morgan fingerprint density at radius 2 is 2.25 bits per heavy atom. The smallest absolute Gasteiger partial charge is 0.185 e. The molecule has 0 aliphatic heterocycles. The predicted molar refractivity (Wildman–Crippen MR) is 65.8 cm³/mol. The number of carbonyl (C=O) groups excluding carboxylic acids is 1. The molecule has 16 heavy (non-hydrogen) atoms. The normalized spacial score (nSPS) is 9.44. The molecule has 0 bridgehead atoms. The molecular weight excluding hydrogens is 223 g/mol. The lowest BCUT2D eigenvalue weighted by Gasteiger charge is -1.98. The van der Waals surface area contributed by atoms with E-state index in [0.29, 0.717) is 23.3 Å². The van der Waals surface area contributed by atoms with Crippen LogP contribution in [0.15, 0.2) is 18.2 Å². The Morgan fingerprint density at radius 1 is 1.50 bits per heavy atom. The Kier molecular flexibility index (Phi) is 5.07. The third kappa shape index (κ3) is 4.08. The Morgan fingerprint density at radius 3 is 2.94 bits per heavy atom. The van der Waals surface area contributed by atoms with E-state index in [0.717, 1.165) is 0 Å². The van der Waals surface area contributed by atoms with Gasteiger partial charge in [-0.05, 0) is 19.1 Å². The molecule has 0 amide bonds. The lowest BCUT2D eigenvalue weighted by atomic mass is 10.1. The van der Waals surface area contributed by atoms with E-state index in [1.54, 1.807) is 19.1 Å². The fourth-order valence-electron chi connectivity index (χ4n) is 1.15. The van der Waals surface area contributed by atoms with Crippen LogP contribution in [-0.4, -0.2) is 10.9 Å². The summed E-state index contributed by atoms with van der Waals surface area (Å²) in [5.41, 5.74) is 1.29. The first-order valence-electron chi connectivity index (χ1n) is 4.98. The molecule has 1 aromatic rings. The minimum atomic E-state index is -0.232. The Bertz CT molecular complexity index is 443. The molecule has 0 unspecified atom stereocenters. The van der Waals surface area contributed by atoms with Crippen molar-refractivity contribution >= 4 is 16.9 Å². The van der Waals surface area contributed by atoms with Crippen molar-refractivity contribution in [2.45, 2.75) is 20.3 Å². The molecule has 0 aromatic heterocycles. The number of thioether (sulfide) groups is 1. The van der Waals surface area contributed by atoms with Crippen molar-refractivity contribution in [2.24, 2.45) is 0 Å². The standard InChI is InChI=1S/C13H13FOS/c1-10-12(7-5-8-13(10)14)6-3-4-9-16-11(2)15/h5,7-8H,4,9H2,1-2H3. The summed E-state index contributed by atoms with van der Waals surface area (Å²) in [6.07, 6.45) is 0.639. The van der Waals surface area contributed by atoms with Crippen LogP contribution in [0.3, 0.4) is 0 Å². The highest BCUT2D eigenvalue weighted by Crippen LogP contribution is 2.10. The summed E-state index contributed by atoms with van der Waals surface area (Å²) in [5, 5.41) is 0.101. The molecule has 0 saturated carbocycles. The van der Waals surface area contributed by atoms with Gasteiger partial charge in [0, 0.05) is 30.2 Å². The number of halogens is 1. The van der Waals surface area contributed by atoms with Gasteiger partial charge in [0.05, 0.1) is 0 Å². The highest BCUT2D eigenvalue weighted by atomic mass is 32.2. The third-order valence-electron chi connectivity index (χ3n) is 2.02. The lowest BCUT2D eigenvalue weighted by Crippen LogP contribution is -1.87. The summed E-state index contributed by atoms with van der Waals surface area (Å²) in [6.45, 7) is 3.25. The van der Waals surface area contributed by atoms with Crippen LogP contribution in [-0.2, 0) is 4.79 Å². The molecule has 0 atom stereocenters. The summed E-state index contributed by atoms with van der Waals surface area (Å²) in [7, 11) is 0. The molecule has 0 aliphatic rings. The van der Waals surface area contributed by atoms with Gasteiger partial charge in [-0.1, -0.05) is 29.7 Å². The van der Waals surface area contributed by atoms with Gasteiger partial charge in [-0.15, -0.1) is 0 Å². The van der Waals surface area contributed by atoms with Crippen LogP contribution in [0.25, 0.3) is 0 Å². The summed E-state index contributed by atoms with van der Waals surface area (Å²) in [4.78, 5) is 10.6. The molecular formula is C13H13FOS. The van der Waals surface area contributed by atoms with Crippen molar-refractivity contribution in [3.05, 3.63) is 35.1 Å². The number of rotatable bonds is 2. The molecule has 0 saturated heterocycles. The first-order chi connectivity index (χ1) is 7.61. The first-order valence-corrected chi connectivity index (χ1v) is 5.97. The number of benzene rings is 1. The van der Waals surface area contributed by atoms with Crippen LogP contribution in [0.4, 0.5) is 4.39 Å². The molecule has 0 aliphatic carbocycles. The van der Waals surface area contributed by atoms with Crippen LogP contribution in [0, 0.1) is 24.6 Å². The van der Waals surface area contributed by atoms with E-state index in [-0.39, 0.29) is 10.9 Å². The molecule has 84 valence electrons. The van der Waals surface area contributed by atoms with Crippen LogP contribution in [0.2, 0.25) is 0 Å². The number of hydrogen-bond acceptors (Lipinski definition) is 2. The molecule has 0 N–H and O–H groups in total. The molecule has 0 heterocycles. The van der Waals surface area contributed by atoms with E-state index in [1.807, 2.05) is 0 Å². The fourth-order valence-corrected chi connectivity index (χ4v) is 1.64. The Labute approximate surface area is 99.4 Å². The second kappa shape index (κ2) is 6.34. The predicted octanol–water partition coefficient (Wildman–Crippen LogP) is 3.16. The highest BCUT2D eigenvalue weighted by molar-refractivity contribution is 8.13. The maximum absolute atomic E-state index is 13.1. The van der Waals surface area contributed by atoms with Crippen molar-refractivity contribution in [1.29, 1.82) is 0 Å². The van der Waals surface area contributed by atoms with E-state index in [1.165, 1.54) is 24.8 Å². The molecule has 1 aromatic carbocycles. The summed E-state index contributed by atoms with van der Waals surface area (Å²) in [6, 6.07) is 4.87. The van der Waals surface area contributed by atoms with Crippen molar-refractivity contribution in [1.82, 2.24) is 0 Å². The van der Waals surface area contributed by atoms with Gasteiger partial charge >= 0.3 is 0 Å². The van der Waals surface area contributed by atoms with Crippen molar-refractivity contribution < 1.29 is 9.18 Å². The second-order valence-electron chi connectivity index (χ2n) is 3.30. The molecule has 0 fully saturated rings. The van der Waals surface area contributed by atoms with Crippen molar-refractivity contribution in [3.63, 3.8) is 0 Å².